The van der Waals surface area contributed by atoms with Gasteiger partial charge in [-0.1, -0.05) is 60.1 Å². The molecule has 7 nitrogen and oxygen atoms in total. The van der Waals surface area contributed by atoms with E-state index in [1.54, 1.807) is 36.4 Å². The number of ether oxygens (including phenoxy) is 2. The van der Waals surface area contributed by atoms with Crippen LogP contribution in [0.1, 0.15) is 42.2 Å². The highest BCUT2D eigenvalue weighted by Crippen LogP contribution is 2.33. The Morgan fingerprint density at radius 2 is 1.39 bits per heavy atom. The van der Waals surface area contributed by atoms with E-state index in [2.05, 4.69) is 5.32 Å². The number of methoxy groups -OCH3 is 1. The number of nitrogens with one attached hydrogen (secondary N) is 1. The fourth-order valence-electron chi connectivity index (χ4n) is 4.16. The molecule has 0 spiro atoms. The molecule has 1 amide bonds. The summed E-state index contributed by atoms with van der Waals surface area (Å²) in [5.41, 5.74) is 1.19. The van der Waals surface area contributed by atoms with Gasteiger partial charge in [0.2, 0.25) is 0 Å². The van der Waals surface area contributed by atoms with E-state index in [-0.39, 0.29) is 44.5 Å². The second-order valence-electron chi connectivity index (χ2n) is 8.11. The van der Waals surface area contributed by atoms with Crippen LogP contribution >= 0.6 is 11.6 Å². The molecule has 0 saturated carbocycles. The lowest BCUT2D eigenvalue weighted by molar-refractivity contribution is -0.119. The Balaban J connectivity index is 1.33. The number of anilines is 1. The maximum absolute atomic E-state index is 12.9. The van der Waals surface area contributed by atoms with Crippen molar-refractivity contribution in [2.75, 3.05) is 19.0 Å². The van der Waals surface area contributed by atoms with Crippen molar-refractivity contribution in [1.82, 2.24) is 0 Å². The number of hydrogen-bond acceptors (Lipinski definition) is 6. The minimum Gasteiger partial charge on any atom is -0.496 e. The van der Waals surface area contributed by atoms with Gasteiger partial charge >= 0.3 is 5.97 Å². The molecular weight excluding hydrogens is 482 g/mol. The van der Waals surface area contributed by atoms with Gasteiger partial charge in [-0.05, 0) is 35.0 Å². The molecule has 1 aliphatic rings. The maximum atomic E-state index is 12.9. The van der Waals surface area contributed by atoms with Crippen molar-refractivity contribution >= 4 is 51.5 Å². The number of amides is 1. The molecule has 0 radical (unpaired) electrons. The zero-order valence-electron chi connectivity index (χ0n) is 19.0. The summed E-state index contributed by atoms with van der Waals surface area (Å²) in [5.74, 6) is -1.75. The lowest BCUT2D eigenvalue weighted by Gasteiger charge is -2.19. The molecule has 0 fully saturated rings. The molecule has 5 rings (SSSR count). The third-order valence-corrected chi connectivity index (χ3v) is 6.22. The van der Waals surface area contributed by atoms with Gasteiger partial charge in [0.25, 0.3) is 5.91 Å². The quantitative estimate of drug-likeness (QED) is 0.339. The Morgan fingerprint density at radius 1 is 0.806 bits per heavy atom. The first-order chi connectivity index (χ1) is 17.4. The Morgan fingerprint density at radius 3 is 2.03 bits per heavy atom. The summed E-state index contributed by atoms with van der Waals surface area (Å²) in [6.07, 6.45) is 0. The van der Waals surface area contributed by atoms with Gasteiger partial charge in [0, 0.05) is 22.3 Å². The standard InChI is InChI=1S/C28H18ClNO6/c1-35-24-11-16-7-3-2-6-15(16)10-21(24)28(34)36-14-25(31)30-23-13-20-19(12-22(23)29)26(32)17-8-4-5-9-18(17)27(20)33/h2-13H,14H2,1H3,(H,30,31). The van der Waals surface area contributed by atoms with Crippen LogP contribution in [-0.4, -0.2) is 37.2 Å². The Hall–Kier alpha value is -4.49. The Bertz CT molecular complexity index is 1590. The number of carbonyl (C=O) groups is 4. The molecule has 36 heavy (non-hydrogen) atoms. The molecule has 4 aromatic carbocycles. The van der Waals surface area contributed by atoms with Gasteiger partial charge in [-0.3, -0.25) is 14.4 Å². The zero-order chi connectivity index (χ0) is 25.4. The summed E-state index contributed by atoms with van der Waals surface area (Å²) in [6, 6.07) is 20.0. The number of benzene rings is 4. The molecule has 178 valence electrons. The summed E-state index contributed by atoms with van der Waals surface area (Å²) in [6.45, 7) is -0.599. The average molecular weight is 500 g/mol. The number of rotatable bonds is 5. The second kappa shape index (κ2) is 9.28. The summed E-state index contributed by atoms with van der Waals surface area (Å²) in [4.78, 5) is 51.0. The lowest BCUT2D eigenvalue weighted by atomic mass is 9.84. The van der Waals surface area contributed by atoms with Crippen molar-refractivity contribution in [1.29, 1.82) is 0 Å². The average Bonchev–Trinajstić information content (AvgIpc) is 2.90. The van der Waals surface area contributed by atoms with Gasteiger partial charge in [-0.15, -0.1) is 0 Å². The van der Waals surface area contributed by atoms with Gasteiger partial charge in [0.1, 0.15) is 11.3 Å². The van der Waals surface area contributed by atoms with E-state index >= 15 is 0 Å². The normalized spacial score (nSPS) is 12.1. The number of carbonyl (C=O) groups excluding carboxylic acids is 4. The van der Waals surface area contributed by atoms with Gasteiger partial charge in [-0.25, -0.2) is 4.79 Å². The number of ketones is 2. The fraction of sp³-hybridized carbons (Fsp3) is 0.0714. The van der Waals surface area contributed by atoms with E-state index in [1.165, 1.54) is 19.2 Å². The van der Waals surface area contributed by atoms with Crippen molar-refractivity contribution in [3.05, 3.63) is 106 Å². The summed E-state index contributed by atoms with van der Waals surface area (Å²) in [7, 11) is 1.44. The molecule has 0 atom stereocenters. The van der Waals surface area contributed by atoms with Crippen molar-refractivity contribution < 1.29 is 28.7 Å². The smallest absolute Gasteiger partial charge is 0.342 e. The molecule has 1 aliphatic carbocycles. The molecule has 0 aromatic heterocycles. The largest absolute Gasteiger partial charge is 0.496 e. The topological polar surface area (TPSA) is 98.8 Å². The van der Waals surface area contributed by atoms with Crippen LogP contribution < -0.4 is 10.1 Å². The molecule has 0 heterocycles. The van der Waals surface area contributed by atoms with Crippen LogP contribution in [0.25, 0.3) is 10.8 Å². The summed E-state index contributed by atoms with van der Waals surface area (Å²) < 4.78 is 10.5. The van der Waals surface area contributed by atoms with Crippen molar-refractivity contribution in [3.63, 3.8) is 0 Å². The van der Waals surface area contributed by atoms with Crippen LogP contribution in [0.3, 0.4) is 0 Å². The first-order valence-corrected chi connectivity index (χ1v) is 11.3. The molecule has 0 aliphatic heterocycles. The fourth-order valence-corrected chi connectivity index (χ4v) is 4.37. The zero-order valence-corrected chi connectivity index (χ0v) is 19.7. The minimum absolute atomic E-state index is 0.0742. The number of hydrogen-bond donors (Lipinski definition) is 1. The Kier molecular flexibility index (Phi) is 6.00. The van der Waals surface area contributed by atoms with Gasteiger partial charge in [0.15, 0.2) is 18.2 Å². The highest BCUT2D eigenvalue weighted by Gasteiger charge is 2.30. The highest BCUT2D eigenvalue weighted by atomic mass is 35.5. The predicted octanol–water partition coefficient (Wildman–Crippen LogP) is 5.07. The molecule has 0 bridgehead atoms. The second-order valence-corrected chi connectivity index (χ2v) is 8.51. The van der Waals surface area contributed by atoms with Gasteiger partial charge in [0.05, 0.1) is 17.8 Å². The monoisotopic (exact) mass is 499 g/mol. The van der Waals surface area contributed by atoms with Crippen LogP contribution in [0, 0.1) is 0 Å². The summed E-state index contributed by atoms with van der Waals surface area (Å²) >= 11 is 6.30. The molecule has 4 aromatic rings. The first kappa shape index (κ1) is 23.3. The van der Waals surface area contributed by atoms with Crippen LogP contribution in [0.5, 0.6) is 5.75 Å². The number of esters is 1. The van der Waals surface area contributed by atoms with Crippen LogP contribution in [0.15, 0.2) is 72.8 Å². The van der Waals surface area contributed by atoms with Crippen LogP contribution in [0.4, 0.5) is 5.69 Å². The first-order valence-electron chi connectivity index (χ1n) is 10.9. The molecule has 1 N–H and O–H groups in total. The highest BCUT2D eigenvalue weighted by molar-refractivity contribution is 6.36. The van der Waals surface area contributed by atoms with E-state index in [0.29, 0.717) is 11.3 Å². The number of halogens is 1. The summed E-state index contributed by atoms with van der Waals surface area (Å²) in [5, 5.41) is 4.32. The Labute approximate surface area is 210 Å². The van der Waals surface area contributed by atoms with E-state index in [9.17, 15) is 19.2 Å². The van der Waals surface area contributed by atoms with E-state index in [0.717, 1.165) is 10.8 Å². The molecule has 8 heteroatoms. The molecule has 0 saturated heterocycles. The molecule has 0 unspecified atom stereocenters. The predicted molar refractivity (Wildman–Crippen MR) is 134 cm³/mol. The minimum atomic E-state index is -0.735. The van der Waals surface area contributed by atoms with E-state index < -0.39 is 18.5 Å². The van der Waals surface area contributed by atoms with Gasteiger partial charge in [-0.2, -0.15) is 0 Å². The SMILES string of the molecule is COc1cc2ccccc2cc1C(=O)OCC(=O)Nc1cc2c(cc1Cl)C(=O)c1ccccc1C2=O. The van der Waals surface area contributed by atoms with E-state index in [1.807, 2.05) is 24.3 Å². The van der Waals surface area contributed by atoms with Crippen LogP contribution in [-0.2, 0) is 9.53 Å². The van der Waals surface area contributed by atoms with Gasteiger partial charge < -0.3 is 14.8 Å². The van der Waals surface area contributed by atoms with Crippen molar-refractivity contribution in [2.45, 2.75) is 0 Å². The van der Waals surface area contributed by atoms with Crippen LogP contribution in [0.2, 0.25) is 5.02 Å². The van der Waals surface area contributed by atoms with Crippen molar-refractivity contribution in [2.24, 2.45) is 0 Å². The maximum Gasteiger partial charge on any atom is 0.342 e. The third kappa shape index (κ3) is 4.10. The van der Waals surface area contributed by atoms with E-state index in [4.69, 9.17) is 21.1 Å². The third-order valence-electron chi connectivity index (χ3n) is 5.91. The number of fused-ring (bicyclic) bond motifs is 3. The van der Waals surface area contributed by atoms with Crippen molar-refractivity contribution in [3.8, 4) is 5.75 Å². The molecular formula is C28H18ClNO6. The lowest BCUT2D eigenvalue weighted by Crippen LogP contribution is -2.23.